The Hall–Kier alpha value is -3.24. The lowest BCUT2D eigenvalue weighted by Gasteiger charge is -2.18. The third-order valence-corrected chi connectivity index (χ3v) is 5.21. The van der Waals surface area contributed by atoms with E-state index in [-0.39, 0.29) is 23.5 Å². The lowest BCUT2D eigenvalue weighted by Crippen LogP contribution is -2.28. The standard InChI is InChI=1S/C24H22N2O2/c27-23(18-10-5-2-6-11-18)19-12-7-13-20(14-19)26-24(28)22-16-25-15-21(22)17-8-3-1-4-9-17/h1-14,21-22,25H,15-16H2,(H,26,28)/t21?,22-/m0/s1. The van der Waals surface area contributed by atoms with Crippen molar-refractivity contribution in [2.24, 2.45) is 5.92 Å². The first-order valence-corrected chi connectivity index (χ1v) is 9.49. The van der Waals surface area contributed by atoms with E-state index in [4.69, 9.17) is 0 Å². The van der Waals surface area contributed by atoms with Crippen LogP contribution < -0.4 is 10.6 Å². The number of carbonyl (C=O) groups is 2. The van der Waals surface area contributed by atoms with Gasteiger partial charge in [-0.25, -0.2) is 0 Å². The minimum atomic E-state index is -0.143. The molecule has 4 nitrogen and oxygen atoms in total. The predicted molar refractivity (Wildman–Crippen MR) is 110 cm³/mol. The molecular weight excluding hydrogens is 348 g/mol. The lowest BCUT2D eigenvalue weighted by atomic mass is 9.88. The molecule has 140 valence electrons. The molecule has 0 aliphatic carbocycles. The SMILES string of the molecule is O=C(c1ccccc1)c1cccc(NC(=O)[C@H]2CNCC2c2ccccc2)c1. The number of amides is 1. The van der Waals surface area contributed by atoms with E-state index in [2.05, 4.69) is 22.8 Å². The van der Waals surface area contributed by atoms with E-state index in [0.29, 0.717) is 23.4 Å². The zero-order valence-electron chi connectivity index (χ0n) is 15.5. The molecule has 3 aromatic carbocycles. The molecule has 0 aromatic heterocycles. The molecule has 0 saturated carbocycles. The summed E-state index contributed by atoms with van der Waals surface area (Å²) in [5, 5.41) is 6.32. The normalized spacial score (nSPS) is 18.6. The van der Waals surface area contributed by atoms with Gasteiger partial charge in [0.25, 0.3) is 0 Å². The molecule has 1 fully saturated rings. The third kappa shape index (κ3) is 3.87. The summed E-state index contributed by atoms with van der Waals surface area (Å²) in [6, 6.07) is 26.4. The Bertz CT molecular complexity index is 970. The maximum Gasteiger partial charge on any atom is 0.229 e. The highest BCUT2D eigenvalue weighted by Gasteiger charge is 2.33. The molecule has 28 heavy (non-hydrogen) atoms. The van der Waals surface area contributed by atoms with Crippen molar-refractivity contribution >= 4 is 17.4 Å². The molecule has 0 spiro atoms. The molecular formula is C24H22N2O2. The molecule has 4 rings (SSSR count). The molecule has 0 radical (unpaired) electrons. The Morgan fingerprint density at radius 3 is 2.21 bits per heavy atom. The van der Waals surface area contributed by atoms with Crippen molar-refractivity contribution < 1.29 is 9.59 Å². The van der Waals surface area contributed by atoms with Crippen molar-refractivity contribution in [2.75, 3.05) is 18.4 Å². The summed E-state index contributed by atoms with van der Waals surface area (Å²) in [5.41, 5.74) is 3.01. The molecule has 1 heterocycles. The van der Waals surface area contributed by atoms with Gasteiger partial charge in [0.05, 0.1) is 5.92 Å². The fourth-order valence-electron chi connectivity index (χ4n) is 3.73. The molecule has 1 aliphatic heterocycles. The van der Waals surface area contributed by atoms with E-state index < -0.39 is 0 Å². The summed E-state index contributed by atoms with van der Waals surface area (Å²) in [5.74, 6) is -0.0734. The molecule has 0 bridgehead atoms. The minimum Gasteiger partial charge on any atom is -0.326 e. The van der Waals surface area contributed by atoms with Crippen LogP contribution in [0.5, 0.6) is 0 Å². The molecule has 2 N–H and O–H groups in total. The number of hydrogen-bond donors (Lipinski definition) is 2. The first-order valence-electron chi connectivity index (χ1n) is 9.49. The van der Waals surface area contributed by atoms with Crippen LogP contribution >= 0.6 is 0 Å². The molecule has 1 unspecified atom stereocenters. The summed E-state index contributed by atoms with van der Waals surface area (Å²) in [6.45, 7) is 1.43. The minimum absolute atomic E-state index is 0.0248. The largest absolute Gasteiger partial charge is 0.326 e. The maximum absolute atomic E-state index is 12.9. The van der Waals surface area contributed by atoms with Gasteiger partial charge in [0.2, 0.25) is 5.91 Å². The van der Waals surface area contributed by atoms with Crippen LogP contribution in [0.15, 0.2) is 84.9 Å². The van der Waals surface area contributed by atoms with Gasteiger partial charge in [-0.15, -0.1) is 0 Å². The molecule has 1 saturated heterocycles. The summed E-state index contributed by atoms with van der Waals surface area (Å²) >= 11 is 0. The number of benzene rings is 3. The number of anilines is 1. The topological polar surface area (TPSA) is 58.2 Å². The summed E-state index contributed by atoms with van der Waals surface area (Å²) in [7, 11) is 0. The van der Waals surface area contributed by atoms with Crippen LogP contribution in [-0.4, -0.2) is 24.8 Å². The van der Waals surface area contributed by atoms with Gasteiger partial charge in [-0.05, 0) is 17.7 Å². The quantitative estimate of drug-likeness (QED) is 0.671. The van der Waals surface area contributed by atoms with Crippen LogP contribution in [0.2, 0.25) is 0 Å². The fourth-order valence-corrected chi connectivity index (χ4v) is 3.73. The molecule has 3 aromatic rings. The van der Waals surface area contributed by atoms with Crippen LogP contribution in [0.1, 0.15) is 27.4 Å². The van der Waals surface area contributed by atoms with Crippen molar-refractivity contribution in [1.82, 2.24) is 5.32 Å². The average molecular weight is 370 g/mol. The number of hydrogen-bond acceptors (Lipinski definition) is 3. The molecule has 4 heteroatoms. The van der Waals surface area contributed by atoms with Gasteiger partial charge < -0.3 is 10.6 Å². The van der Waals surface area contributed by atoms with Crippen molar-refractivity contribution in [1.29, 1.82) is 0 Å². The van der Waals surface area contributed by atoms with Crippen LogP contribution in [0.25, 0.3) is 0 Å². The highest BCUT2D eigenvalue weighted by molar-refractivity contribution is 6.09. The number of ketones is 1. The summed E-state index contributed by atoms with van der Waals surface area (Å²) < 4.78 is 0. The van der Waals surface area contributed by atoms with E-state index in [1.807, 2.05) is 42.5 Å². The van der Waals surface area contributed by atoms with Crippen LogP contribution in [0, 0.1) is 5.92 Å². The van der Waals surface area contributed by atoms with Gasteiger partial charge in [-0.3, -0.25) is 9.59 Å². The summed E-state index contributed by atoms with van der Waals surface area (Å²) in [6.07, 6.45) is 0. The van der Waals surface area contributed by atoms with Gasteiger partial charge in [-0.2, -0.15) is 0 Å². The number of nitrogens with one attached hydrogen (secondary N) is 2. The predicted octanol–water partition coefficient (Wildman–Crippen LogP) is 3.86. The first-order chi connectivity index (χ1) is 13.7. The van der Waals surface area contributed by atoms with E-state index in [0.717, 1.165) is 6.54 Å². The second kappa shape index (κ2) is 8.19. The monoisotopic (exact) mass is 370 g/mol. The molecule has 2 atom stereocenters. The van der Waals surface area contributed by atoms with Crippen LogP contribution in [0.4, 0.5) is 5.69 Å². The average Bonchev–Trinajstić information content (AvgIpc) is 3.25. The second-order valence-electron chi connectivity index (χ2n) is 7.05. The number of rotatable bonds is 5. The van der Waals surface area contributed by atoms with Crippen molar-refractivity contribution in [2.45, 2.75) is 5.92 Å². The van der Waals surface area contributed by atoms with E-state index in [9.17, 15) is 9.59 Å². The van der Waals surface area contributed by atoms with Gasteiger partial charge >= 0.3 is 0 Å². The first kappa shape index (κ1) is 18.1. The Morgan fingerprint density at radius 1 is 0.786 bits per heavy atom. The number of carbonyl (C=O) groups excluding carboxylic acids is 2. The van der Waals surface area contributed by atoms with Crippen molar-refractivity contribution in [3.63, 3.8) is 0 Å². The lowest BCUT2D eigenvalue weighted by molar-refractivity contribution is -0.119. The Balaban J connectivity index is 1.50. The maximum atomic E-state index is 12.9. The van der Waals surface area contributed by atoms with E-state index in [1.165, 1.54) is 5.56 Å². The smallest absolute Gasteiger partial charge is 0.229 e. The Kier molecular flexibility index (Phi) is 5.31. The third-order valence-electron chi connectivity index (χ3n) is 5.21. The zero-order valence-corrected chi connectivity index (χ0v) is 15.5. The molecule has 1 aliphatic rings. The summed E-state index contributed by atoms with van der Waals surface area (Å²) in [4.78, 5) is 25.6. The Labute approximate surface area is 164 Å². The van der Waals surface area contributed by atoms with Gasteiger partial charge in [0.15, 0.2) is 5.78 Å². The van der Waals surface area contributed by atoms with Crippen LogP contribution in [0.3, 0.4) is 0 Å². The van der Waals surface area contributed by atoms with E-state index >= 15 is 0 Å². The van der Waals surface area contributed by atoms with Crippen LogP contribution in [-0.2, 0) is 4.79 Å². The van der Waals surface area contributed by atoms with Gasteiger partial charge in [-0.1, -0.05) is 72.8 Å². The van der Waals surface area contributed by atoms with E-state index in [1.54, 1.807) is 30.3 Å². The zero-order chi connectivity index (χ0) is 19.3. The van der Waals surface area contributed by atoms with Gasteiger partial charge in [0, 0.05) is 35.8 Å². The molecule has 1 amide bonds. The fraction of sp³-hybridized carbons (Fsp3) is 0.167. The highest BCUT2D eigenvalue weighted by atomic mass is 16.2. The van der Waals surface area contributed by atoms with Gasteiger partial charge in [0.1, 0.15) is 0 Å². The van der Waals surface area contributed by atoms with Crippen molar-refractivity contribution in [3.8, 4) is 0 Å². The highest BCUT2D eigenvalue weighted by Crippen LogP contribution is 2.29. The second-order valence-corrected chi connectivity index (χ2v) is 7.05. The van der Waals surface area contributed by atoms with Crippen molar-refractivity contribution in [3.05, 3.63) is 102 Å². The Morgan fingerprint density at radius 2 is 1.46 bits per heavy atom.